The molecule has 0 spiro atoms. The molecule has 0 amide bonds. The van der Waals surface area contributed by atoms with Gasteiger partial charge in [0.15, 0.2) is 0 Å². The van der Waals surface area contributed by atoms with E-state index in [4.69, 9.17) is 5.73 Å². The predicted molar refractivity (Wildman–Crippen MR) is 44.6 cm³/mol. The van der Waals surface area contributed by atoms with Crippen LogP contribution in [0.25, 0.3) is 0 Å². The number of aliphatic hydroxyl groups excluding tert-OH is 1. The van der Waals surface area contributed by atoms with Gasteiger partial charge in [0.1, 0.15) is 6.10 Å². The molecule has 0 radical (unpaired) electrons. The number of aromatic amines is 1. The lowest BCUT2D eigenvalue weighted by Gasteiger charge is -2.00. The van der Waals surface area contributed by atoms with Crippen LogP contribution in [0.4, 0.5) is 0 Å². The molecule has 1 aliphatic carbocycles. The number of H-pyrrole nitrogens is 1. The first-order chi connectivity index (χ1) is 5.81. The number of rotatable bonds is 3. The van der Waals surface area contributed by atoms with Crippen molar-refractivity contribution in [2.45, 2.75) is 24.9 Å². The van der Waals surface area contributed by atoms with Gasteiger partial charge in [-0.3, -0.25) is 5.10 Å². The average molecular weight is 167 g/mol. The Kier molecular flexibility index (Phi) is 1.86. The molecule has 66 valence electrons. The number of hydrogen-bond acceptors (Lipinski definition) is 3. The Morgan fingerprint density at radius 1 is 1.75 bits per heavy atom. The number of nitrogens with two attached hydrogens (primary N) is 1. The van der Waals surface area contributed by atoms with Crippen LogP contribution >= 0.6 is 0 Å². The van der Waals surface area contributed by atoms with Crippen LogP contribution in [-0.2, 0) is 0 Å². The van der Waals surface area contributed by atoms with Crippen LogP contribution in [0.3, 0.4) is 0 Å². The third kappa shape index (κ3) is 1.35. The van der Waals surface area contributed by atoms with E-state index in [1.54, 1.807) is 0 Å². The molecule has 1 saturated carbocycles. The van der Waals surface area contributed by atoms with Gasteiger partial charge in [0, 0.05) is 18.2 Å². The molecule has 4 heteroatoms. The summed E-state index contributed by atoms with van der Waals surface area (Å²) in [5, 5.41) is 16.2. The highest BCUT2D eigenvalue weighted by Crippen LogP contribution is 2.39. The molecule has 1 atom stereocenters. The van der Waals surface area contributed by atoms with E-state index in [0.29, 0.717) is 11.6 Å². The molecule has 1 aromatic rings. The molecular formula is C8H13N3O. The molecule has 1 heterocycles. The summed E-state index contributed by atoms with van der Waals surface area (Å²) in [6.07, 6.45) is 1.86. The zero-order valence-corrected chi connectivity index (χ0v) is 6.83. The molecule has 0 bridgehead atoms. The van der Waals surface area contributed by atoms with E-state index in [2.05, 4.69) is 10.2 Å². The second-order valence-corrected chi connectivity index (χ2v) is 3.27. The van der Waals surface area contributed by atoms with Crippen molar-refractivity contribution in [3.8, 4) is 0 Å². The minimum Gasteiger partial charge on any atom is -0.385 e. The fourth-order valence-corrected chi connectivity index (χ4v) is 1.25. The van der Waals surface area contributed by atoms with Crippen LogP contribution in [0.2, 0.25) is 0 Å². The average Bonchev–Trinajstić information content (AvgIpc) is 2.83. The van der Waals surface area contributed by atoms with Gasteiger partial charge < -0.3 is 10.8 Å². The Morgan fingerprint density at radius 2 is 2.50 bits per heavy atom. The standard InChI is InChI=1S/C8H13N3O/c9-4-8(12)7-3-6(10-11-7)5-1-2-5/h3,5,8,12H,1-2,4,9H2,(H,10,11). The van der Waals surface area contributed by atoms with Crippen molar-refractivity contribution in [2.24, 2.45) is 5.73 Å². The van der Waals surface area contributed by atoms with Gasteiger partial charge in [-0.15, -0.1) is 0 Å². The van der Waals surface area contributed by atoms with Gasteiger partial charge in [0.05, 0.1) is 5.69 Å². The first-order valence-corrected chi connectivity index (χ1v) is 4.24. The molecule has 1 fully saturated rings. The van der Waals surface area contributed by atoms with Crippen molar-refractivity contribution in [3.63, 3.8) is 0 Å². The zero-order valence-electron chi connectivity index (χ0n) is 6.83. The van der Waals surface area contributed by atoms with Crippen molar-refractivity contribution in [1.29, 1.82) is 0 Å². The lowest BCUT2D eigenvalue weighted by atomic mass is 10.2. The molecule has 0 aromatic carbocycles. The predicted octanol–water partition coefficient (Wildman–Crippen LogP) is 0.279. The Hall–Kier alpha value is -0.870. The molecule has 2 rings (SSSR count). The van der Waals surface area contributed by atoms with Gasteiger partial charge in [0.2, 0.25) is 0 Å². The van der Waals surface area contributed by atoms with E-state index in [-0.39, 0.29) is 6.54 Å². The Balaban J connectivity index is 2.12. The third-order valence-electron chi connectivity index (χ3n) is 2.20. The quantitative estimate of drug-likeness (QED) is 0.605. The van der Waals surface area contributed by atoms with Gasteiger partial charge >= 0.3 is 0 Å². The van der Waals surface area contributed by atoms with Gasteiger partial charge in [-0.05, 0) is 18.9 Å². The monoisotopic (exact) mass is 167 g/mol. The first kappa shape index (κ1) is 7.76. The van der Waals surface area contributed by atoms with Crippen molar-refractivity contribution in [2.75, 3.05) is 6.54 Å². The first-order valence-electron chi connectivity index (χ1n) is 4.24. The Morgan fingerprint density at radius 3 is 3.08 bits per heavy atom. The van der Waals surface area contributed by atoms with Crippen LogP contribution in [0.5, 0.6) is 0 Å². The van der Waals surface area contributed by atoms with Gasteiger partial charge in [-0.25, -0.2) is 0 Å². The number of nitrogens with one attached hydrogen (secondary N) is 1. The van der Waals surface area contributed by atoms with Gasteiger partial charge in [0.25, 0.3) is 0 Å². The van der Waals surface area contributed by atoms with E-state index < -0.39 is 6.10 Å². The molecule has 4 N–H and O–H groups in total. The summed E-state index contributed by atoms with van der Waals surface area (Å²) in [6, 6.07) is 1.91. The van der Waals surface area contributed by atoms with Crippen molar-refractivity contribution in [1.82, 2.24) is 10.2 Å². The molecule has 0 saturated heterocycles. The molecular weight excluding hydrogens is 154 g/mol. The van der Waals surface area contributed by atoms with Crippen LogP contribution in [0.15, 0.2) is 6.07 Å². The van der Waals surface area contributed by atoms with Crippen LogP contribution < -0.4 is 5.73 Å². The normalized spacial score (nSPS) is 19.5. The summed E-state index contributed by atoms with van der Waals surface area (Å²) in [7, 11) is 0. The molecule has 4 nitrogen and oxygen atoms in total. The zero-order chi connectivity index (χ0) is 8.55. The topological polar surface area (TPSA) is 74.9 Å². The highest BCUT2D eigenvalue weighted by atomic mass is 16.3. The summed E-state index contributed by atoms with van der Waals surface area (Å²) in [4.78, 5) is 0. The molecule has 1 unspecified atom stereocenters. The summed E-state index contributed by atoms with van der Waals surface area (Å²) in [6.45, 7) is 0.231. The number of aromatic nitrogens is 2. The highest BCUT2D eigenvalue weighted by molar-refractivity contribution is 5.18. The van der Waals surface area contributed by atoms with Crippen LogP contribution in [0, 0.1) is 0 Å². The Bertz CT molecular complexity index is 267. The maximum Gasteiger partial charge on any atom is 0.110 e. The van der Waals surface area contributed by atoms with Gasteiger partial charge in [-0.1, -0.05) is 0 Å². The second kappa shape index (κ2) is 2.88. The smallest absolute Gasteiger partial charge is 0.110 e. The summed E-state index contributed by atoms with van der Waals surface area (Å²) in [5.74, 6) is 0.649. The SMILES string of the molecule is NCC(O)c1cc(C2CC2)[nH]n1. The van der Waals surface area contributed by atoms with Crippen LogP contribution in [-0.4, -0.2) is 21.8 Å². The molecule has 1 aromatic heterocycles. The van der Waals surface area contributed by atoms with Crippen molar-refractivity contribution in [3.05, 3.63) is 17.5 Å². The van der Waals surface area contributed by atoms with E-state index in [9.17, 15) is 5.11 Å². The fraction of sp³-hybridized carbons (Fsp3) is 0.625. The largest absolute Gasteiger partial charge is 0.385 e. The fourth-order valence-electron chi connectivity index (χ4n) is 1.25. The number of hydrogen-bond donors (Lipinski definition) is 3. The minimum absolute atomic E-state index is 0.231. The van der Waals surface area contributed by atoms with E-state index in [1.807, 2.05) is 6.07 Å². The second-order valence-electron chi connectivity index (χ2n) is 3.27. The summed E-state index contributed by atoms with van der Waals surface area (Å²) >= 11 is 0. The third-order valence-corrected chi connectivity index (χ3v) is 2.20. The van der Waals surface area contributed by atoms with Crippen molar-refractivity contribution < 1.29 is 5.11 Å². The summed E-state index contributed by atoms with van der Waals surface area (Å²) in [5.41, 5.74) is 7.10. The Labute approximate surface area is 70.8 Å². The molecule has 0 aliphatic heterocycles. The maximum atomic E-state index is 9.34. The molecule has 12 heavy (non-hydrogen) atoms. The highest BCUT2D eigenvalue weighted by Gasteiger charge is 2.26. The lowest BCUT2D eigenvalue weighted by molar-refractivity contribution is 0.182. The molecule has 1 aliphatic rings. The summed E-state index contributed by atoms with van der Waals surface area (Å²) < 4.78 is 0. The van der Waals surface area contributed by atoms with Crippen molar-refractivity contribution >= 4 is 0 Å². The van der Waals surface area contributed by atoms with E-state index in [0.717, 1.165) is 5.69 Å². The van der Waals surface area contributed by atoms with Crippen LogP contribution in [0.1, 0.15) is 36.3 Å². The number of aliphatic hydroxyl groups is 1. The van der Waals surface area contributed by atoms with E-state index in [1.165, 1.54) is 12.8 Å². The van der Waals surface area contributed by atoms with E-state index >= 15 is 0 Å². The maximum absolute atomic E-state index is 9.34. The number of nitrogens with zero attached hydrogens (tertiary/aromatic N) is 1. The minimum atomic E-state index is -0.617. The lowest BCUT2D eigenvalue weighted by Crippen LogP contribution is -2.11. The van der Waals surface area contributed by atoms with Gasteiger partial charge in [-0.2, -0.15) is 5.10 Å².